The molecule has 0 saturated carbocycles. The summed E-state index contributed by atoms with van der Waals surface area (Å²) in [5.41, 5.74) is 0.332. The Hall–Kier alpha value is -1.09. The largest absolute Gasteiger partial charge is 0.490 e. The van der Waals surface area contributed by atoms with Crippen molar-refractivity contribution >= 4 is 17.9 Å². The number of carbonyl (C=O) groups excluding carboxylic acids is 1. The van der Waals surface area contributed by atoms with E-state index in [0.717, 1.165) is 0 Å². The molecule has 76 valence electrons. The second-order valence-electron chi connectivity index (χ2n) is 2.89. The van der Waals surface area contributed by atoms with Crippen LogP contribution in [0.4, 0.5) is 4.39 Å². The van der Waals surface area contributed by atoms with Crippen molar-refractivity contribution < 1.29 is 13.9 Å². The Balaban J connectivity index is 2.80. The highest BCUT2D eigenvalue weighted by molar-refractivity contribution is 6.30. The first-order valence-corrected chi connectivity index (χ1v) is 4.53. The lowest BCUT2D eigenvalue weighted by Crippen LogP contribution is -2.09. The number of ether oxygens (including phenoxy) is 1. The Morgan fingerprint density at radius 2 is 2.36 bits per heavy atom. The maximum Gasteiger partial charge on any atom is 0.153 e. The second-order valence-corrected chi connectivity index (χ2v) is 3.33. The van der Waals surface area contributed by atoms with Crippen molar-refractivity contribution in [2.24, 2.45) is 0 Å². The van der Waals surface area contributed by atoms with E-state index in [0.29, 0.717) is 22.6 Å². The van der Waals surface area contributed by atoms with E-state index in [1.807, 2.05) is 0 Å². The van der Waals surface area contributed by atoms with Gasteiger partial charge in [-0.1, -0.05) is 11.6 Å². The SMILES string of the molecule is CC(F)COc1ccc(Cl)cc1C=O. The third-order valence-electron chi connectivity index (χ3n) is 1.57. The third kappa shape index (κ3) is 3.00. The van der Waals surface area contributed by atoms with Crippen LogP contribution < -0.4 is 4.74 Å². The molecule has 0 heterocycles. The number of hydrogen-bond donors (Lipinski definition) is 0. The molecule has 0 amide bonds. The van der Waals surface area contributed by atoms with E-state index >= 15 is 0 Å². The summed E-state index contributed by atoms with van der Waals surface area (Å²) in [5.74, 6) is 0.355. The summed E-state index contributed by atoms with van der Waals surface area (Å²) in [6, 6.07) is 4.62. The maximum absolute atomic E-state index is 12.5. The Kier molecular flexibility index (Phi) is 3.89. The highest BCUT2D eigenvalue weighted by atomic mass is 35.5. The minimum atomic E-state index is -1.06. The lowest BCUT2D eigenvalue weighted by atomic mass is 10.2. The van der Waals surface area contributed by atoms with Crippen molar-refractivity contribution in [3.63, 3.8) is 0 Å². The summed E-state index contributed by atoms with van der Waals surface area (Å²) in [5, 5.41) is 0.452. The van der Waals surface area contributed by atoms with E-state index in [1.54, 1.807) is 12.1 Å². The molecule has 0 aliphatic heterocycles. The van der Waals surface area contributed by atoms with Gasteiger partial charge in [0.2, 0.25) is 0 Å². The molecule has 4 heteroatoms. The van der Waals surface area contributed by atoms with Gasteiger partial charge in [0.15, 0.2) is 6.29 Å². The van der Waals surface area contributed by atoms with Crippen LogP contribution >= 0.6 is 11.6 Å². The Labute approximate surface area is 86.6 Å². The topological polar surface area (TPSA) is 26.3 Å². The highest BCUT2D eigenvalue weighted by Crippen LogP contribution is 2.21. The molecule has 0 fully saturated rings. The standard InChI is InChI=1S/C10H10ClFO2/c1-7(12)6-14-10-3-2-9(11)4-8(10)5-13/h2-5,7H,6H2,1H3. The Morgan fingerprint density at radius 3 is 2.93 bits per heavy atom. The number of rotatable bonds is 4. The zero-order valence-corrected chi connectivity index (χ0v) is 8.42. The van der Waals surface area contributed by atoms with E-state index in [1.165, 1.54) is 13.0 Å². The average molecular weight is 217 g/mol. The van der Waals surface area contributed by atoms with Crippen LogP contribution in [0.5, 0.6) is 5.75 Å². The molecule has 0 radical (unpaired) electrons. The van der Waals surface area contributed by atoms with Crippen LogP contribution in [-0.2, 0) is 0 Å². The lowest BCUT2D eigenvalue weighted by molar-refractivity contribution is 0.111. The molecule has 0 aromatic heterocycles. The van der Waals surface area contributed by atoms with E-state index in [2.05, 4.69) is 0 Å². The molecule has 0 aliphatic rings. The molecule has 0 spiro atoms. The zero-order valence-electron chi connectivity index (χ0n) is 7.67. The first-order valence-electron chi connectivity index (χ1n) is 4.15. The smallest absolute Gasteiger partial charge is 0.153 e. The molecular formula is C10H10ClFO2. The molecule has 1 rings (SSSR count). The van der Waals surface area contributed by atoms with Gasteiger partial charge in [-0.3, -0.25) is 4.79 Å². The summed E-state index contributed by atoms with van der Waals surface area (Å²) in [6.45, 7) is 1.32. The molecule has 0 bridgehead atoms. The molecular weight excluding hydrogens is 207 g/mol. The van der Waals surface area contributed by atoms with Crippen LogP contribution in [0.15, 0.2) is 18.2 Å². The molecule has 1 aromatic carbocycles. The van der Waals surface area contributed by atoms with Crippen molar-refractivity contribution in [2.45, 2.75) is 13.1 Å². The van der Waals surface area contributed by atoms with Crippen molar-refractivity contribution in [2.75, 3.05) is 6.61 Å². The molecule has 0 aliphatic carbocycles. The zero-order chi connectivity index (χ0) is 10.6. The quantitative estimate of drug-likeness (QED) is 0.724. The summed E-state index contributed by atoms with van der Waals surface area (Å²) < 4.78 is 17.5. The number of hydrogen-bond acceptors (Lipinski definition) is 2. The van der Waals surface area contributed by atoms with Gasteiger partial charge >= 0.3 is 0 Å². The van der Waals surface area contributed by atoms with Crippen LogP contribution in [0, 0.1) is 0 Å². The van der Waals surface area contributed by atoms with E-state index in [4.69, 9.17) is 16.3 Å². The maximum atomic E-state index is 12.5. The van der Waals surface area contributed by atoms with Crippen LogP contribution in [0.2, 0.25) is 5.02 Å². The van der Waals surface area contributed by atoms with Crippen LogP contribution in [0.3, 0.4) is 0 Å². The predicted octanol–water partition coefficient (Wildman–Crippen LogP) is 2.89. The minimum absolute atomic E-state index is 0.0670. The number of carbonyl (C=O) groups is 1. The molecule has 1 atom stereocenters. The Bertz CT molecular complexity index is 326. The monoisotopic (exact) mass is 216 g/mol. The van der Waals surface area contributed by atoms with Crippen molar-refractivity contribution in [1.29, 1.82) is 0 Å². The van der Waals surface area contributed by atoms with E-state index < -0.39 is 6.17 Å². The van der Waals surface area contributed by atoms with Gasteiger partial charge in [-0.15, -0.1) is 0 Å². The predicted molar refractivity (Wildman–Crippen MR) is 52.9 cm³/mol. The molecule has 1 unspecified atom stereocenters. The van der Waals surface area contributed by atoms with Gasteiger partial charge in [0.25, 0.3) is 0 Å². The van der Waals surface area contributed by atoms with E-state index in [9.17, 15) is 9.18 Å². The Morgan fingerprint density at radius 1 is 1.64 bits per heavy atom. The van der Waals surface area contributed by atoms with Gasteiger partial charge in [0, 0.05) is 5.02 Å². The van der Waals surface area contributed by atoms with Gasteiger partial charge in [-0.05, 0) is 25.1 Å². The summed E-state index contributed by atoms with van der Waals surface area (Å²) in [7, 11) is 0. The van der Waals surface area contributed by atoms with Gasteiger partial charge in [0.05, 0.1) is 5.56 Å². The van der Waals surface area contributed by atoms with Gasteiger partial charge in [-0.25, -0.2) is 4.39 Å². The molecule has 0 N–H and O–H groups in total. The molecule has 0 saturated heterocycles. The summed E-state index contributed by atoms with van der Waals surface area (Å²) in [6.07, 6.45) is -0.436. The molecule has 14 heavy (non-hydrogen) atoms. The van der Waals surface area contributed by atoms with Crippen LogP contribution in [-0.4, -0.2) is 19.1 Å². The minimum Gasteiger partial charge on any atom is -0.490 e. The fourth-order valence-corrected chi connectivity index (χ4v) is 1.13. The van der Waals surface area contributed by atoms with Gasteiger partial charge in [-0.2, -0.15) is 0 Å². The van der Waals surface area contributed by atoms with E-state index in [-0.39, 0.29) is 6.61 Å². The third-order valence-corrected chi connectivity index (χ3v) is 1.80. The fourth-order valence-electron chi connectivity index (χ4n) is 0.947. The normalized spacial score (nSPS) is 12.2. The molecule has 2 nitrogen and oxygen atoms in total. The van der Waals surface area contributed by atoms with Crippen molar-refractivity contribution in [3.8, 4) is 5.75 Å². The van der Waals surface area contributed by atoms with Crippen LogP contribution in [0.25, 0.3) is 0 Å². The number of alkyl halides is 1. The number of aldehydes is 1. The first kappa shape index (κ1) is 11.0. The van der Waals surface area contributed by atoms with Crippen molar-refractivity contribution in [3.05, 3.63) is 28.8 Å². The second kappa shape index (κ2) is 4.96. The van der Waals surface area contributed by atoms with Gasteiger partial charge in [0.1, 0.15) is 18.5 Å². The number of halogens is 2. The number of benzene rings is 1. The summed E-state index contributed by atoms with van der Waals surface area (Å²) >= 11 is 5.67. The lowest BCUT2D eigenvalue weighted by Gasteiger charge is -2.08. The highest BCUT2D eigenvalue weighted by Gasteiger charge is 2.05. The summed E-state index contributed by atoms with van der Waals surface area (Å²) in [4.78, 5) is 10.6. The first-order chi connectivity index (χ1) is 6.63. The molecule has 1 aromatic rings. The van der Waals surface area contributed by atoms with Crippen LogP contribution in [0.1, 0.15) is 17.3 Å². The van der Waals surface area contributed by atoms with Gasteiger partial charge < -0.3 is 4.74 Å². The van der Waals surface area contributed by atoms with Crippen molar-refractivity contribution in [1.82, 2.24) is 0 Å². The average Bonchev–Trinajstić information content (AvgIpc) is 2.15. The fraction of sp³-hybridized carbons (Fsp3) is 0.300.